The zero-order chi connectivity index (χ0) is 14.8. The molecule has 6 heteroatoms. The van der Waals surface area contributed by atoms with Crippen LogP contribution in [0.25, 0.3) is 5.65 Å². The van der Waals surface area contributed by atoms with Crippen molar-refractivity contribution in [2.24, 2.45) is 0 Å². The van der Waals surface area contributed by atoms with Gasteiger partial charge in [0, 0.05) is 25.8 Å². The van der Waals surface area contributed by atoms with Crippen LogP contribution in [0.2, 0.25) is 5.15 Å². The van der Waals surface area contributed by atoms with Crippen LogP contribution < -0.4 is 5.32 Å². The molecule has 0 spiro atoms. The number of fused-ring (bicyclic) bond motifs is 1. The fourth-order valence-electron chi connectivity index (χ4n) is 2.36. The minimum absolute atomic E-state index is 0.488. The van der Waals surface area contributed by atoms with Crippen molar-refractivity contribution in [3.63, 3.8) is 0 Å². The second-order valence-electron chi connectivity index (χ2n) is 5.62. The lowest BCUT2D eigenvalue weighted by molar-refractivity contribution is 0.0335. The molecule has 0 saturated carbocycles. The van der Waals surface area contributed by atoms with E-state index in [1.54, 1.807) is 0 Å². The SMILES string of the molecule is CN(C)CC(C)(O)CNCc1c(Cl)nc2ccccn12. The molecule has 2 N–H and O–H groups in total. The van der Waals surface area contributed by atoms with E-state index in [1.165, 1.54) is 0 Å². The van der Waals surface area contributed by atoms with Gasteiger partial charge >= 0.3 is 0 Å². The van der Waals surface area contributed by atoms with Crippen LogP contribution in [0, 0.1) is 0 Å². The third-order valence-corrected chi connectivity index (χ3v) is 3.34. The van der Waals surface area contributed by atoms with Crippen LogP contribution >= 0.6 is 11.6 Å². The van der Waals surface area contributed by atoms with E-state index in [0.29, 0.717) is 24.8 Å². The Balaban J connectivity index is 2.01. The summed E-state index contributed by atoms with van der Waals surface area (Å²) >= 11 is 6.16. The molecule has 1 atom stereocenters. The maximum absolute atomic E-state index is 10.2. The molecular formula is C14H21ClN4O. The summed E-state index contributed by atoms with van der Waals surface area (Å²) in [7, 11) is 3.88. The van der Waals surface area contributed by atoms with Gasteiger partial charge in [0.15, 0.2) is 5.15 Å². The van der Waals surface area contributed by atoms with Crippen LogP contribution in [0.4, 0.5) is 0 Å². The highest BCUT2D eigenvalue weighted by molar-refractivity contribution is 6.30. The Hall–Kier alpha value is -1.14. The largest absolute Gasteiger partial charge is 0.388 e. The first-order chi connectivity index (χ1) is 9.39. The van der Waals surface area contributed by atoms with E-state index in [1.807, 2.05) is 54.7 Å². The lowest BCUT2D eigenvalue weighted by Crippen LogP contribution is -2.45. The Bertz CT molecular complexity index is 580. The molecule has 0 aliphatic heterocycles. The van der Waals surface area contributed by atoms with Gasteiger partial charge in [-0.05, 0) is 33.2 Å². The van der Waals surface area contributed by atoms with Crippen molar-refractivity contribution in [3.8, 4) is 0 Å². The Kier molecular flexibility index (Phi) is 4.65. The second-order valence-corrected chi connectivity index (χ2v) is 5.97. The molecule has 2 rings (SSSR count). The van der Waals surface area contributed by atoms with Gasteiger partial charge in [-0.15, -0.1) is 0 Å². The second kappa shape index (κ2) is 6.10. The van der Waals surface area contributed by atoms with E-state index in [2.05, 4.69) is 10.3 Å². The number of nitrogens with one attached hydrogen (secondary N) is 1. The van der Waals surface area contributed by atoms with Gasteiger partial charge in [-0.2, -0.15) is 0 Å². The Labute approximate surface area is 124 Å². The van der Waals surface area contributed by atoms with Crippen molar-refractivity contribution in [3.05, 3.63) is 35.2 Å². The van der Waals surface area contributed by atoms with Crippen molar-refractivity contribution in [1.29, 1.82) is 0 Å². The number of hydrogen-bond donors (Lipinski definition) is 2. The molecule has 1 unspecified atom stereocenters. The van der Waals surface area contributed by atoms with Crippen molar-refractivity contribution < 1.29 is 5.11 Å². The molecule has 5 nitrogen and oxygen atoms in total. The standard InChI is InChI=1S/C14H21ClN4O/c1-14(20,10-18(2)3)9-16-8-11-13(15)17-12-6-4-5-7-19(11)12/h4-7,16,20H,8-10H2,1-3H3. The summed E-state index contributed by atoms with van der Waals surface area (Å²) in [6.07, 6.45) is 1.93. The molecule has 0 bridgehead atoms. The minimum Gasteiger partial charge on any atom is -0.388 e. The molecule has 0 aromatic carbocycles. The first kappa shape index (κ1) is 15.3. The number of imidazole rings is 1. The van der Waals surface area contributed by atoms with E-state index in [4.69, 9.17) is 11.6 Å². The van der Waals surface area contributed by atoms with Gasteiger partial charge in [-0.1, -0.05) is 17.7 Å². The molecule has 110 valence electrons. The summed E-state index contributed by atoms with van der Waals surface area (Å²) in [6.45, 7) is 3.46. The number of halogens is 1. The number of aliphatic hydroxyl groups is 1. The minimum atomic E-state index is -0.781. The van der Waals surface area contributed by atoms with Gasteiger partial charge in [0.2, 0.25) is 0 Å². The van der Waals surface area contributed by atoms with Gasteiger partial charge < -0.3 is 19.7 Å². The summed E-state index contributed by atoms with van der Waals surface area (Å²) in [5, 5.41) is 14.0. The monoisotopic (exact) mass is 296 g/mol. The number of rotatable bonds is 6. The highest BCUT2D eigenvalue weighted by Gasteiger charge is 2.21. The van der Waals surface area contributed by atoms with Gasteiger partial charge in [0.1, 0.15) is 5.65 Å². The van der Waals surface area contributed by atoms with Gasteiger partial charge in [0.25, 0.3) is 0 Å². The lowest BCUT2D eigenvalue weighted by atomic mass is 10.1. The average Bonchev–Trinajstić information content (AvgIpc) is 2.64. The Morgan fingerprint density at radius 3 is 2.90 bits per heavy atom. The lowest BCUT2D eigenvalue weighted by Gasteiger charge is -2.27. The van der Waals surface area contributed by atoms with Crippen LogP contribution in [-0.2, 0) is 6.54 Å². The molecule has 0 radical (unpaired) electrons. The van der Waals surface area contributed by atoms with Crippen molar-refractivity contribution in [2.45, 2.75) is 19.1 Å². The number of hydrogen-bond acceptors (Lipinski definition) is 4. The maximum atomic E-state index is 10.2. The van der Waals surface area contributed by atoms with Gasteiger partial charge in [-0.25, -0.2) is 4.98 Å². The normalized spacial score (nSPS) is 14.9. The van der Waals surface area contributed by atoms with Crippen LogP contribution in [0.15, 0.2) is 24.4 Å². The maximum Gasteiger partial charge on any atom is 0.152 e. The molecule has 0 saturated heterocycles. The summed E-state index contributed by atoms with van der Waals surface area (Å²) in [5.74, 6) is 0. The molecule has 0 fully saturated rings. The molecule has 0 aliphatic carbocycles. The van der Waals surface area contributed by atoms with E-state index in [-0.39, 0.29) is 0 Å². The van der Waals surface area contributed by atoms with Crippen LogP contribution in [0.5, 0.6) is 0 Å². The van der Waals surface area contributed by atoms with Crippen molar-refractivity contribution >= 4 is 17.2 Å². The smallest absolute Gasteiger partial charge is 0.152 e. The highest BCUT2D eigenvalue weighted by Crippen LogP contribution is 2.17. The van der Waals surface area contributed by atoms with Crippen LogP contribution in [-0.4, -0.2) is 52.2 Å². The first-order valence-electron chi connectivity index (χ1n) is 6.58. The summed E-state index contributed by atoms with van der Waals surface area (Å²) in [4.78, 5) is 6.26. The molecule has 2 aromatic heterocycles. The van der Waals surface area contributed by atoms with Crippen molar-refractivity contribution in [1.82, 2.24) is 19.6 Å². The highest BCUT2D eigenvalue weighted by atomic mass is 35.5. The molecule has 0 amide bonds. The summed E-state index contributed by atoms with van der Waals surface area (Å²) in [5.41, 5.74) is 0.952. The molecule has 0 aliphatic rings. The number of nitrogens with zero attached hydrogens (tertiary/aromatic N) is 3. The van der Waals surface area contributed by atoms with E-state index < -0.39 is 5.60 Å². The zero-order valence-corrected chi connectivity index (χ0v) is 12.9. The molecule has 2 aromatic rings. The van der Waals surface area contributed by atoms with Gasteiger partial charge in [-0.3, -0.25) is 0 Å². The number of pyridine rings is 1. The van der Waals surface area contributed by atoms with E-state index in [0.717, 1.165) is 11.3 Å². The predicted molar refractivity (Wildman–Crippen MR) is 81.1 cm³/mol. The van der Waals surface area contributed by atoms with Crippen molar-refractivity contribution in [2.75, 3.05) is 27.2 Å². The number of aromatic nitrogens is 2. The average molecular weight is 297 g/mol. The predicted octanol–water partition coefficient (Wildman–Crippen LogP) is 1.39. The summed E-state index contributed by atoms with van der Waals surface area (Å²) in [6, 6.07) is 5.78. The number of likely N-dealkylation sites (N-methyl/N-ethyl adjacent to an activating group) is 1. The first-order valence-corrected chi connectivity index (χ1v) is 6.96. The molecule has 2 heterocycles. The molecule has 20 heavy (non-hydrogen) atoms. The fraction of sp³-hybridized carbons (Fsp3) is 0.500. The Morgan fingerprint density at radius 1 is 1.45 bits per heavy atom. The van der Waals surface area contributed by atoms with Gasteiger partial charge in [0.05, 0.1) is 11.3 Å². The topological polar surface area (TPSA) is 52.8 Å². The summed E-state index contributed by atoms with van der Waals surface area (Å²) < 4.78 is 1.95. The zero-order valence-electron chi connectivity index (χ0n) is 12.1. The third-order valence-electron chi connectivity index (χ3n) is 3.04. The van der Waals surface area contributed by atoms with Crippen LogP contribution in [0.1, 0.15) is 12.6 Å². The van der Waals surface area contributed by atoms with E-state index in [9.17, 15) is 5.11 Å². The fourth-order valence-corrected chi connectivity index (χ4v) is 2.61. The Morgan fingerprint density at radius 2 is 2.20 bits per heavy atom. The third kappa shape index (κ3) is 3.70. The van der Waals surface area contributed by atoms with E-state index >= 15 is 0 Å². The quantitative estimate of drug-likeness (QED) is 0.846. The van der Waals surface area contributed by atoms with Crippen LogP contribution in [0.3, 0.4) is 0 Å². The molecular weight excluding hydrogens is 276 g/mol.